The van der Waals surface area contributed by atoms with E-state index in [2.05, 4.69) is 21.3 Å². The van der Waals surface area contributed by atoms with Crippen LogP contribution >= 0.6 is 0 Å². The Morgan fingerprint density at radius 1 is 1.00 bits per heavy atom. The van der Waals surface area contributed by atoms with Gasteiger partial charge in [0.05, 0.1) is 19.4 Å². The van der Waals surface area contributed by atoms with Gasteiger partial charge in [-0.1, -0.05) is 0 Å². The first kappa shape index (κ1) is 20.0. The molecule has 4 N–H and O–H groups in total. The predicted octanol–water partition coefficient (Wildman–Crippen LogP) is 2.25. The molecule has 8 heteroatoms. The van der Waals surface area contributed by atoms with E-state index in [0.29, 0.717) is 17.0 Å². The van der Waals surface area contributed by atoms with Gasteiger partial charge in [0.15, 0.2) is 0 Å². The molecule has 0 unspecified atom stereocenters. The molecule has 0 aliphatic carbocycles. The number of amides is 4. The maximum atomic E-state index is 12.1. The zero-order valence-electron chi connectivity index (χ0n) is 15.6. The number of carbonyl (C=O) groups is 3. The lowest BCUT2D eigenvalue weighted by Gasteiger charge is -2.20. The van der Waals surface area contributed by atoms with Gasteiger partial charge in [0.25, 0.3) is 5.91 Å². The molecule has 0 bridgehead atoms. The van der Waals surface area contributed by atoms with E-state index in [1.807, 2.05) is 20.8 Å². The second kappa shape index (κ2) is 8.88. The first-order chi connectivity index (χ1) is 12.7. The summed E-state index contributed by atoms with van der Waals surface area (Å²) in [5, 5.41) is 10.5. The van der Waals surface area contributed by atoms with E-state index in [4.69, 9.17) is 4.42 Å². The van der Waals surface area contributed by atoms with Crippen LogP contribution in [0.15, 0.2) is 47.1 Å². The molecule has 144 valence electrons. The van der Waals surface area contributed by atoms with Crippen LogP contribution in [0.5, 0.6) is 0 Å². The van der Waals surface area contributed by atoms with Crippen LogP contribution in [-0.2, 0) is 11.3 Å². The van der Waals surface area contributed by atoms with E-state index in [0.717, 1.165) is 0 Å². The van der Waals surface area contributed by atoms with Crippen LogP contribution in [0.2, 0.25) is 0 Å². The van der Waals surface area contributed by atoms with Crippen LogP contribution in [0.25, 0.3) is 0 Å². The molecular formula is C19H24N4O4. The SMILES string of the molecule is CC(C)(C)NC(=O)c1ccc(NC(=O)NCC(=O)NCc2ccco2)cc1. The Labute approximate surface area is 157 Å². The van der Waals surface area contributed by atoms with Gasteiger partial charge in [0, 0.05) is 16.8 Å². The largest absolute Gasteiger partial charge is 0.467 e. The van der Waals surface area contributed by atoms with Crippen molar-refractivity contribution in [3.8, 4) is 0 Å². The summed E-state index contributed by atoms with van der Waals surface area (Å²) in [6.07, 6.45) is 1.52. The van der Waals surface area contributed by atoms with Gasteiger partial charge in [-0.05, 0) is 57.2 Å². The molecule has 0 atom stereocenters. The van der Waals surface area contributed by atoms with Gasteiger partial charge in [-0.15, -0.1) is 0 Å². The van der Waals surface area contributed by atoms with Crippen LogP contribution in [0.4, 0.5) is 10.5 Å². The normalized spacial score (nSPS) is 10.8. The average Bonchev–Trinajstić information content (AvgIpc) is 3.11. The molecule has 0 saturated carbocycles. The topological polar surface area (TPSA) is 112 Å². The second-order valence-electron chi connectivity index (χ2n) is 6.95. The summed E-state index contributed by atoms with van der Waals surface area (Å²) in [5.41, 5.74) is 0.676. The van der Waals surface area contributed by atoms with Crippen molar-refractivity contribution in [1.29, 1.82) is 0 Å². The fourth-order valence-electron chi connectivity index (χ4n) is 2.11. The second-order valence-corrected chi connectivity index (χ2v) is 6.95. The number of anilines is 1. The van der Waals surface area contributed by atoms with Crippen molar-refractivity contribution in [2.24, 2.45) is 0 Å². The zero-order valence-corrected chi connectivity index (χ0v) is 15.6. The van der Waals surface area contributed by atoms with E-state index in [1.54, 1.807) is 36.4 Å². The minimum atomic E-state index is -0.518. The first-order valence-electron chi connectivity index (χ1n) is 8.49. The fraction of sp³-hybridized carbons (Fsp3) is 0.316. The maximum Gasteiger partial charge on any atom is 0.319 e. The number of urea groups is 1. The molecule has 0 fully saturated rings. The molecule has 2 aromatic rings. The van der Waals surface area contributed by atoms with Crippen molar-refractivity contribution in [2.45, 2.75) is 32.9 Å². The van der Waals surface area contributed by atoms with Crippen molar-refractivity contribution in [3.63, 3.8) is 0 Å². The van der Waals surface area contributed by atoms with Crippen molar-refractivity contribution >= 4 is 23.5 Å². The zero-order chi connectivity index (χ0) is 19.9. The highest BCUT2D eigenvalue weighted by Crippen LogP contribution is 2.11. The molecule has 2 rings (SSSR count). The third-order valence-electron chi connectivity index (χ3n) is 3.34. The van der Waals surface area contributed by atoms with Gasteiger partial charge < -0.3 is 25.7 Å². The van der Waals surface area contributed by atoms with Crippen molar-refractivity contribution in [2.75, 3.05) is 11.9 Å². The molecule has 0 saturated heterocycles. The Morgan fingerprint density at radius 3 is 2.30 bits per heavy atom. The summed E-state index contributed by atoms with van der Waals surface area (Å²) in [6.45, 7) is 5.79. The van der Waals surface area contributed by atoms with E-state index >= 15 is 0 Å². The summed E-state index contributed by atoms with van der Waals surface area (Å²) in [6, 6.07) is 9.42. The molecule has 0 spiro atoms. The lowest BCUT2D eigenvalue weighted by molar-refractivity contribution is -0.120. The van der Waals surface area contributed by atoms with Gasteiger partial charge >= 0.3 is 6.03 Å². The van der Waals surface area contributed by atoms with Crippen LogP contribution in [0.1, 0.15) is 36.9 Å². The number of rotatable bonds is 6. The molecular weight excluding hydrogens is 348 g/mol. The molecule has 0 aliphatic rings. The molecule has 1 aromatic carbocycles. The van der Waals surface area contributed by atoms with Crippen LogP contribution in [0, 0.1) is 0 Å². The highest BCUT2D eigenvalue weighted by atomic mass is 16.3. The molecule has 8 nitrogen and oxygen atoms in total. The molecule has 4 amide bonds. The van der Waals surface area contributed by atoms with E-state index in [-0.39, 0.29) is 30.4 Å². The molecule has 0 radical (unpaired) electrons. The van der Waals surface area contributed by atoms with E-state index in [1.165, 1.54) is 6.26 Å². The monoisotopic (exact) mass is 372 g/mol. The summed E-state index contributed by atoms with van der Waals surface area (Å²) < 4.78 is 5.10. The maximum absolute atomic E-state index is 12.1. The minimum Gasteiger partial charge on any atom is -0.467 e. The van der Waals surface area contributed by atoms with Crippen molar-refractivity contribution in [1.82, 2.24) is 16.0 Å². The number of nitrogens with one attached hydrogen (secondary N) is 4. The highest BCUT2D eigenvalue weighted by molar-refractivity contribution is 5.96. The van der Waals surface area contributed by atoms with Crippen molar-refractivity contribution in [3.05, 3.63) is 54.0 Å². The van der Waals surface area contributed by atoms with Crippen LogP contribution in [0.3, 0.4) is 0 Å². The third-order valence-corrected chi connectivity index (χ3v) is 3.34. The summed E-state index contributed by atoms with van der Waals surface area (Å²) in [5.74, 6) is 0.103. The Kier molecular flexibility index (Phi) is 6.59. The van der Waals surface area contributed by atoms with Gasteiger partial charge in [-0.2, -0.15) is 0 Å². The van der Waals surface area contributed by atoms with E-state index in [9.17, 15) is 14.4 Å². The Hall–Kier alpha value is -3.29. The highest BCUT2D eigenvalue weighted by Gasteiger charge is 2.15. The Morgan fingerprint density at radius 2 is 1.70 bits per heavy atom. The lowest BCUT2D eigenvalue weighted by atomic mass is 10.1. The van der Waals surface area contributed by atoms with Crippen LogP contribution in [-0.4, -0.2) is 29.9 Å². The number of furan rings is 1. The summed E-state index contributed by atoms with van der Waals surface area (Å²) in [7, 11) is 0. The summed E-state index contributed by atoms with van der Waals surface area (Å²) in [4.78, 5) is 35.6. The third kappa shape index (κ3) is 7.23. The van der Waals surface area contributed by atoms with Gasteiger partial charge in [-0.25, -0.2) is 4.79 Å². The van der Waals surface area contributed by atoms with Gasteiger partial charge in [-0.3, -0.25) is 9.59 Å². The quantitative estimate of drug-likeness (QED) is 0.623. The minimum absolute atomic E-state index is 0.168. The smallest absolute Gasteiger partial charge is 0.319 e. The lowest BCUT2D eigenvalue weighted by Crippen LogP contribution is -2.40. The predicted molar refractivity (Wildman–Crippen MR) is 101 cm³/mol. The average molecular weight is 372 g/mol. The Balaban J connectivity index is 1.75. The fourth-order valence-corrected chi connectivity index (χ4v) is 2.11. The van der Waals surface area contributed by atoms with Crippen LogP contribution < -0.4 is 21.3 Å². The standard InChI is InChI=1S/C19H24N4O4/c1-19(2,3)23-17(25)13-6-8-14(9-7-13)22-18(26)21-12-16(24)20-11-15-5-4-10-27-15/h4-10H,11-12H2,1-3H3,(H,20,24)(H,23,25)(H2,21,22,26). The molecule has 1 heterocycles. The number of hydrogen-bond acceptors (Lipinski definition) is 4. The molecule has 1 aromatic heterocycles. The number of carbonyl (C=O) groups excluding carboxylic acids is 3. The number of benzene rings is 1. The molecule has 27 heavy (non-hydrogen) atoms. The molecule has 0 aliphatic heterocycles. The Bertz CT molecular complexity index is 777. The first-order valence-corrected chi connectivity index (χ1v) is 8.49. The van der Waals surface area contributed by atoms with Gasteiger partial charge in [0.1, 0.15) is 5.76 Å². The van der Waals surface area contributed by atoms with Gasteiger partial charge in [0.2, 0.25) is 5.91 Å². The number of hydrogen-bond donors (Lipinski definition) is 4. The van der Waals surface area contributed by atoms with Crippen molar-refractivity contribution < 1.29 is 18.8 Å². The summed E-state index contributed by atoms with van der Waals surface area (Å²) >= 11 is 0. The van der Waals surface area contributed by atoms with E-state index < -0.39 is 6.03 Å².